The molecule has 1 saturated heterocycles. The highest BCUT2D eigenvalue weighted by Gasteiger charge is 2.21. The normalized spacial score (nSPS) is 19.8. The van der Waals surface area contributed by atoms with Crippen LogP contribution in [-0.4, -0.2) is 39.5 Å². The van der Waals surface area contributed by atoms with E-state index in [2.05, 4.69) is 36.5 Å². The van der Waals surface area contributed by atoms with E-state index < -0.39 is 0 Å². The molecule has 1 aliphatic rings. The van der Waals surface area contributed by atoms with E-state index in [0.717, 1.165) is 39.1 Å². The Morgan fingerprint density at radius 2 is 2.33 bits per heavy atom. The minimum Gasteiger partial charge on any atom is -0.383 e. The zero-order chi connectivity index (χ0) is 14.9. The fourth-order valence-electron chi connectivity index (χ4n) is 3.09. The van der Waals surface area contributed by atoms with Crippen molar-refractivity contribution in [3.05, 3.63) is 35.4 Å². The Kier molecular flexibility index (Phi) is 7.20. The maximum absolute atomic E-state index is 5.82. The molecule has 2 rings (SSSR count). The third kappa shape index (κ3) is 6.16. The van der Waals surface area contributed by atoms with E-state index in [1.165, 1.54) is 24.0 Å². The lowest BCUT2D eigenvalue weighted by atomic mass is 9.92. The zero-order valence-corrected chi connectivity index (χ0v) is 13.4. The van der Waals surface area contributed by atoms with E-state index in [-0.39, 0.29) is 0 Å². The SMILES string of the molecule is COCCNCC(Cc1cccc(C)c1)CC1CCCO1. The molecule has 21 heavy (non-hydrogen) atoms. The van der Waals surface area contributed by atoms with Crippen molar-refractivity contribution in [3.63, 3.8) is 0 Å². The van der Waals surface area contributed by atoms with Gasteiger partial charge < -0.3 is 14.8 Å². The molecule has 1 aliphatic heterocycles. The summed E-state index contributed by atoms with van der Waals surface area (Å²) >= 11 is 0. The van der Waals surface area contributed by atoms with Gasteiger partial charge in [-0.05, 0) is 50.6 Å². The second kappa shape index (κ2) is 9.19. The molecule has 2 atom stereocenters. The number of benzene rings is 1. The molecule has 0 spiro atoms. The van der Waals surface area contributed by atoms with Gasteiger partial charge in [-0.1, -0.05) is 29.8 Å². The van der Waals surface area contributed by atoms with Gasteiger partial charge in [0.2, 0.25) is 0 Å². The Balaban J connectivity index is 1.86. The smallest absolute Gasteiger partial charge is 0.0587 e. The number of methoxy groups -OCH3 is 1. The summed E-state index contributed by atoms with van der Waals surface area (Å²) in [4.78, 5) is 0. The maximum Gasteiger partial charge on any atom is 0.0587 e. The van der Waals surface area contributed by atoms with Gasteiger partial charge in [-0.3, -0.25) is 0 Å². The average molecular weight is 291 g/mol. The molecule has 0 aliphatic carbocycles. The molecule has 1 N–H and O–H groups in total. The van der Waals surface area contributed by atoms with Crippen LogP contribution in [0.15, 0.2) is 24.3 Å². The van der Waals surface area contributed by atoms with Crippen molar-refractivity contribution < 1.29 is 9.47 Å². The Hall–Kier alpha value is -0.900. The number of hydrogen-bond donors (Lipinski definition) is 1. The zero-order valence-electron chi connectivity index (χ0n) is 13.4. The summed E-state index contributed by atoms with van der Waals surface area (Å²) in [5.41, 5.74) is 2.78. The molecule has 1 heterocycles. The summed E-state index contributed by atoms with van der Waals surface area (Å²) in [6.07, 6.45) is 5.19. The first kappa shape index (κ1) is 16.5. The van der Waals surface area contributed by atoms with Gasteiger partial charge in [0.05, 0.1) is 12.7 Å². The van der Waals surface area contributed by atoms with Crippen molar-refractivity contribution in [3.8, 4) is 0 Å². The van der Waals surface area contributed by atoms with Crippen LogP contribution in [0.1, 0.15) is 30.4 Å². The summed E-state index contributed by atoms with van der Waals surface area (Å²) in [7, 11) is 1.75. The van der Waals surface area contributed by atoms with Crippen LogP contribution in [0.5, 0.6) is 0 Å². The summed E-state index contributed by atoms with van der Waals surface area (Å²) in [6, 6.07) is 8.86. The molecule has 3 nitrogen and oxygen atoms in total. The van der Waals surface area contributed by atoms with Crippen LogP contribution < -0.4 is 5.32 Å². The lowest BCUT2D eigenvalue weighted by Crippen LogP contribution is -2.29. The van der Waals surface area contributed by atoms with E-state index in [1.54, 1.807) is 7.11 Å². The van der Waals surface area contributed by atoms with Gasteiger partial charge in [-0.15, -0.1) is 0 Å². The second-order valence-corrected chi connectivity index (χ2v) is 6.13. The van der Waals surface area contributed by atoms with Crippen LogP contribution in [0, 0.1) is 12.8 Å². The van der Waals surface area contributed by atoms with Crippen LogP contribution in [0.2, 0.25) is 0 Å². The number of rotatable bonds is 9. The van der Waals surface area contributed by atoms with Crippen molar-refractivity contribution in [2.45, 2.75) is 38.7 Å². The van der Waals surface area contributed by atoms with E-state index in [1.807, 2.05) is 0 Å². The van der Waals surface area contributed by atoms with Crippen molar-refractivity contribution in [2.24, 2.45) is 5.92 Å². The quantitative estimate of drug-likeness (QED) is 0.710. The highest BCUT2D eigenvalue weighted by molar-refractivity contribution is 5.22. The standard InChI is InChI=1S/C18H29NO2/c1-15-5-3-6-16(11-15)12-17(14-19-8-10-20-2)13-18-7-4-9-21-18/h3,5-6,11,17-19H,4,7-10,12-14H2,1-2H3. The molecule has 3 heteroatoms. The molecular formula is C18H29NO2. The topological polar surface area (TPSA) is 30.5 Å². The molecule has 0 saturated carbocycles. The van der Waals surface area contributed by atoms with Crippen LogP contribution in [0.3, 0.4) is 0 Å². The largest absolute Gasteiger partial charge is 0.383 e. The molecule has 0 bridgehead atoms. The van der Waals surface area contributed by atoms with Gasteiger partial charge in [0, 0.05) is 20.3 Å². The number of ether oxygens (including phenoxy) is 2. The third-order valence-electron chi connectivity index (χ3n) is 4.14. The lowest BCUT2D eigenvalue weighted by molar-refractivity contribution is 0.0888. The first-order chi connectivity index (χ1) is 10.3. The van der Waals surface area contributed by atoms with E-state index in [0.29, 0.717) is 12.0 Å². The van der Waals surface area contributed by atoms with Crippen molar-refractivity contribution in [1.29, 1.82) is 0 Å². The number of aryl methyl sites for hydroxylation is 1. The molecule has 0 aromatic heterocycles. The molecule has 2 unspecified atom stereocenters. The van der Waals surface area contributed by atoms with Gasteiger partial charge in [0.1, 0.15) is 0 Å². The average Bonchev–Trinajstić information content (AvgIpc) is 2.96. The highest BCUT2D eigenvalue weighted by Crippen LogP contribution is 2.22. The molecule has 0 amide bonds. The fourth-order valence-corrected chi connectivity index (χ4v) is 3.09. The predicted molar refractivity (Wildman–Crippen MR) is 86.7 cm³/mol. The summed E-state index contributed by atoms with van der Waals surface area (Å²) < 4.78 is 10.9. The van der Waals surface area contributed by atoms with Gasteiger partial charge in [0.15, 0.2) is 0 Å². The Morgan fingerprint density at radius 1 is 1.43 bits per heavy atom. The van der Waals surface area contributed by atoms with Crippen molar-refractivity contribution in [1.82, 2.24) is 5.32 Å². The maximum atomic E-state index is 5.82. The molecule has 1 fully saturated rings. The molecule has 1 aromatic rings. The lowest BCUT2D eigenvalue weighted by Gasteiger charge is -2.21. The Labute approximate surface area is 129 Å². The Bertz CT molecular complexity index is 402. The number of hydrogen-bond acceptors (Lipinski definition) is 3. The highest BCUT2D eigenvalue weighted by atomic mass is 16.5. The first-order valence-corrected chi connectivity index (χ1v) is 8.14. The van der Waals surface area contributed by atoms with Crippen LogP contribution >= 0.6 is 0 Å². The fraction of sp³-hybridized carbons (Fsp3) is 0.667. The minimum absolute atomic E-state index is 0.462. The van der Waals surface area contributed by atoms with Crippen LogP contribution in [-0.2, 0) is 15.9 Å². The van der Waals surface area contributed by atoms with Crippen LogP contribution in [0.4, 0.5) is 0 Å². The summed E-state index contributed by atoms with van der Waals surface area (Å²) in [5, 5.41) is 3.51. The summed E-state index contributed by atoms with van der Waals surface area (Å²) in [5.74, 6) is 0.631. The Morgan fingerprint density at radius 3 is 3.05 bits per heavy atom. The van der Waals surface area contributed by atoms with E-state index >= 15 is 0 Å². The molecular weight excluding hydrogens is 262 g/mol. The monoisotopic (exact) mass is 291 g/mol. The predicted octanol–water partition coefficient (Wildman–Crippen LogP) is 2.96. The first-order valence-electron chi connectivity index (χ1n) is 8.14. The van der Waals surface area contributed by atoms with Gasteiger partial charge >= 0.3 is 0 Å². The third-order valence-corrected chi connectivity index (χ3v) is 4.14. The van der Waals surface area contributed by atoms with Crippen molar-refractivity contribution in [2.75, 3.05) is 33.4 Å². The van der Waals surface area contributed by atoms with Gasteiger partial charge in [-0.25, -0.2) is 0 Å². The van der Waals surface area contributed by atoms with Crippen LogP contribution in [0.25, 0.3) is 0 Å². The van der Waals surface area contributed by atoms with E-state index in [4.69, 9.17) is 9.47 Å². The molecule has 0 radical (unpaired) electrons. The summed E-state index contributed by atoms with van der Waals surface area (Å²) in [6.45, 7) is 5.84. The van der Waals surface area contributed by atoms with Gasteiger partial charge in [0.25, 0.3) is 0 Å². The molecule has 118 valence electrons. The van der Waals surface area contributed by atoms with Gasteiger partial charge in [-0.2, -0.15) is 0 Å². The van der Waals surface area contributed by atoms with E-state index in [9.17, 15) is 0 Å². The van der Waals surface area contributed by atoms with Crippen molar-refractivity contribution >= 4 is 0 Å². The number of nitrogens with one attached hydrogen (secondary N) is 1. The second-order valence-electron chi connectivity index (χ2n) is 6.13. The minimum atomic E-state index is 0.462. The molecule has 1 aromatic carbocycles.